The maximum Gasteiger partial charge on any atom is 0.264 e. The van der Waals surface area contributed by atoms with Crippen LogP contribution in [0.1, 0.15) is 63.8 Å². The topological polar surface area (TPSA) is 125 Å². The summed E-state index contributed by atoms with van der Waals surface area (Å²) in [5.74, 6) is -0.861. The Balaban J connectivity index is 1.32. The first-order chi connectivity index (χ1) is 24.8. The summed E-state index contributed by atoms with van der Waals surface area (Å²) in [6, 6.07) is 13.4. The maximum atomic E-state index is 16.4. The first-order valence-corrected chi connectivity index (χ1v) is 21.2. The molecule has 0 bridgehead atoms. The van der Waals surface area contributed by atoms with Gasteiger partial charge in [0.25, 0.3) is 5.91 Å². The van der Waals surface area contributed by atoms with Crippen molar-refractivity contribution in [3.63, 3.8) is 0 Å². The molecule has 12 heteroatoms. The quantitative estimate of drug-likeness (QED) is 0.0708. The lowest BCUT2D eigenvalue weighted by Gasteiger charge is -2.31. The van der Waals surface area contributed by atoms with Gasteiger partial charge in [-0.3, -0.25) is 14.3 Å². The number of carbonyl (C=O) groups is 2. The molecule has 6 rings (SSSR count). The van der Waals surface area contributed by atoms with Gasteiger partial charge in [0.1, 0.15) is 0 Å². The maximum absolute atomic E-state index is 16.4. The molecule has 2 aromatic heterocycles. The van der Waals surface area contributed by atoms with Crippen LogP contribution in [0.4, 0.5) is 15.5 Å². The van der Waals surface area contributed by atoms with Crippen molar-refractivity contribution >= 4 is 42.5 Å². The van der Waals surface area contributed by atoms with Crippen LogP contribution in [0.25, 0.3) is 10.9 Å². The van der Waals surface area contributed by atoms with E-state index in [1.54, 1.807) is 28.9 Å². The predicted molar refractivity (Wildman–Crippen MR) is 205 cm³/mol. The molecule has 4 heterocycles. The number of aliphatic hydroxyl groups excluding tert-OH is 1. The molecule has 4 atom stereocenters. The lowest BCUT2D eigenvalue weighted by atomic mass is 9.82. The normalized spacial score (nSPS) is 21.7. The molecule has 1 fully saturated rings. The molecule has 2 amide bonds. The number of fused-ring (bicyclic) bond motifs is 3. The van der Waals surface area contributed by atoms with Gasteiger partial charge in [0.2, 0.25) is 14.3 Å². The Bertz CT molecular complexity index is 1990. The number of allylic oxidation sites excluding steroid dienone is 3. The molecular formula is C40H51FN6O4Si. The van der Waals surface area contributed by atoms with E-state index in [0.29, 0.717) is 48.6 Å². The molecule has 0 radical (unpaired) electrons. The standard InChI is InChI=1S/C40H51FN6O4Si/c1-26(2)10-9-11-27(3)16-20-47-35-15-14-30(43-37(49)22-29-24-42-34-13-8-7-12-32(29)34)23-33(35)40(39(47)50)28(4)38(52(5,6)41)36(51-40)17-19-46-25-31(18-21-48)44-45-46/h7-8,10,12-16,23-25,28,36,38,42,48H,9,11,17-22H2,1-6H3,(H,43,49)/b27-16+/t28-,36+,38-,40+/m0/s1. The second-order valence-electron chi connectivity index (χ2n) is 15.1. The second-order valence-corrected chi connectivity index (χ2v) is 18.9. The highest BCUT2D eigenvalue weighted by atomic mass is 28.4. The number of hydrogen-bond acceptors (Lipinski definition) is 6. The summed E-state index contributed by atoms with van der Waals surface area (Å²) in [6.07, 6.45) is 10.2. The highest BCUT2D eigenvalue weighted by molar-refractivity contribution is 6.72. The Morgan fingerprint density at radius 1 is 1.17 bits per heavy atom. The van der Waals surface area contributed by atoms with E-state index in [0.717, 1.165) is 29.3 Å². The molecule has 1 saturated heterocycles. The summed E-state index contributed by atoms with van der Waals surface area (Å²) in [7, 11) is -3.39. The van der Waals surface area contributed by atoms with Crippen LogP contribution in [-0.2, 0) is 39.3 Å². The Morgan fingerprint density at radius 3 is 2.71 bits per heavy atom. The van der Waals surface area contributed by atoms with E-state index in [9.17, 15) is 14.7 Å². The smallest absolute Gasteiger partial charge is 0.264 e. The van der Waals surface area contributed by atoms with E-state index in [2.05, 4.69) is 53.5 Å². The molecule has 0 aliphatic carbocycles. The number of ether oxygens (including phenoxy) is 1. The number of aliphatic hydroxyl groups is 1. The number of para-hydroxylation sites is 1. The van der Waals surface area contributed by atoms with E-state index in [1.807, 2.05) is 55.6 Å². The SMILES string of the molecule is CC(C)=CCC/C(C)=C/CN1C(=O)[C@]2(O[C@H](CCn3cc(CCO)nn3)[C@@H]([Si](C)(C)F)[C@@H]2C)c2cc(NC(=O)Cc3c[nH]c4ccccc34)ccc21. The van der Waals surface area contributed by atoms with Crippen molar-refractivity contribution in [2.45, 2.75) is 96.7 Å². The average molecular weight is 727 g/mol. The fraction of sp³-hybridized carbons (Fsp3) is 0.450. The monoisotopic (exact) mass is 726 g/mol. The Morgan fingerprint density at radius 2 is 1.96 bits per heavy atom. The number of H-pyrrole nitrogens is 1. The molecule has 0 unspecified atom stereocenters. The largest absolute Gasteiger partial charge is 0.396 e. The van der Waals surface area contributed by atoms with Crippen LogP contribution in [0.5, 0.6) is 0 Å². The van der Waals surface area contributed by atoms with Gasteiger partial charge in [-0.2, -0.15) is 0 Å². The van der Waals surface area contributed by atoms with Crippen LogP contribution in [-0.4, -0.2) is 64.6 Å². The van der Waals surface area contributed by atoms with E-state index in [4.69, 9.17) is 4.74 Å². The molecule has 1 spiro atoms. The lowest BCUT2D eigenvalue weighted by Crippen LogP contribution is -2.45. The number of aryl methyl sites for hydroxylation is 1. The van der Waals surface area contributed by atoms with Crippen molar-refractivity contribution in [1.82, 2.24) is 20.0 Å². The van der Waals surface area contributed by atoms with Gasteiger partial charge in [-0.15, -0.1) is 5.10 Å². The van der Waals surface area contributed by atoms with Gasteiger partial charge in [0.05, 0.1) is 23.9 Å². The van der Waals surface area contributed by atoms with Crippen LogP contribution in [0.3, 0.4) is 0 Å². The zero-order valence-corrected chi connectivity index (χ0v) is 32.1. The van der Waals surface area contributed by atoms with Crippen molar-refractivity contribution in [2.75, 3.05) is 23.4 Å². The summed E-state index contributed by atoms with van der Waals surface area (Å²) in [4.78, 5) is 33.3. The fourth-order valence-electron chi connectivity index (χ4n) is 8.11. The predicted octanol–water partition coefficient (Wildman–Crippen LogP) is 7.38. The molecule has 2 aromatic carbocycles. The van der Waals surface area contributed by atoms with Crippen molar-refractivity contribution in [1.29, 1.82) is 0 Å². The van der Waals surface area contributed by atoms with Gasteiger partial charge in [0, 0.05) is 72.1 Å². The Labute approximate surface area is 306 Å². The minimum Gasteiger partial charge on any atom is -0.396 e. The molecule has 3 N–H and O–H groups in total. The number of benzene rings is 2. The molecule has 52 heavy (non-hydrogen) atoms. The summed E-state index contributed by atoms with van der Waals surface area (Å²) in [5, 5.41) is 21.7. The van der Waals surface area contributed by atoms with Gasteiger partial charge < -0.3 is 29.2 Å². The summed E-state index contributed by atoms with van der Waals surface area (Å²) < 4.78 is 25.1. The number of nitrogens with one attached hydrogen (secondary N) is 2. The highest BCUT2D eigenvalue weighted by Crippen LogP contribution is 2.60. The minimum atomic E-state index is -3.39. The number of amides is 2. The van der Waals surface area contributed by atoms with Crippen LogP contribution in [0.15, 0.2) is 78.2 Å². The van der Waals surface area contributed by atoms with Crippen molar-refractivity contribution < 1.29 is 23.5 Å². The van der Waals surface area contributed by atoms with Crippen molar-refractivity contribution in [2.24, 2.45) is 5.92 Å². The van der Waals surface area contributed by atoms with E-state index < -0.39 is 31.6 Å². The molecule has 276 valence electrons. The third-order valence-electron chi connectivity index (χ3n) is 10.6. The first kappa shape index (κ1) is 37.4. The number of halogens is 1. The second kappa shape index (κ2) is 15.3. The van der Waals surface area contributed by atoms with E-state index in [1.165, 1.54) is 11.1 Å². The van der Waals surface area contributed by atoms with E-state index >= 15 is 4.11 Å². The van der Waals surface area contributed by atoms with Gasteiger partial charge in [0.15, 0.2) is 5.60 Å². The number of hydrogen-bond donors (Lipinski definition) is 3. The first-order valence-electron chi connectivity index (χ1n) is 18.3. The fourth-order valence-corrected chi connectivity index (χ4v) is 10.6. The van der Waals surface area contributed by atoms with Crippen LogP contribution in [0, 0.1) is 5.92 Å². The third-order valence-corrected chi connectivity index (χ3v) is 13.0. The molecule has 2 aliphatic rings. The van der Waals surface area contributed by atoms with E-state index in [-0.39, 0.29) is 24.8 Å². The average Bonchev–Trinajstić information content (AvgIpc) is 3.84. The number of aromatic nitrogens is 4. The van der Waals surface area contributed by atoms with Gasteiger partial charge in [-0.1, -0.05) is 53.6 Å². The Kier molecular flexibility index (Phi) is 11.0. The zero-order valence-electron chi connectivity index (χ0n) is 31.1. The molecule has 0 saturated carbocycles. The number of carbonyl (C=O) groups excluding carboxylic acids is 2. The summed E-state index contributed by atoms with van der Waals surface area (Å²) >= 11 is 0. The van der Waals surface area contributed by atoms with Gasteiger partial charge >= 0.3 is 0 Å². The van der Waals surface area contributed by atoms with Gasteiger partial charge in [-0.05, 0) is 83.0 Å². The number of rotatable bonds is 14. The minimum absolute atomic E-state index is 0.0260. The van der Waals surface area contributed by atoms with Crippen LogP contribution in [0.2, 0.25) is 18.6 Å². The molecule has 10 nitrogen and oxygen atoms in total. The highest BCUT2D eigenvalue weighted by Gasteiger charge is 2.66. The number of nitrogens with zero attached hydrogens (tertiary/aromatic N) is 4. The molecular weight excluding hydrogens is 676 g/mol. The summed E-state index contributed by atoms with van der Waals surface area (Å²) in [5.41, 5.74) is 5.00. The number of aromatic amines is 1. The lowest BCUT2D eigenvalue weighted by molar-refractivity contribution is -0.145. The number of anilines is 2. The van der Waals surface area contributed by atoms with Crippen LogP contribution >= 0.6 is 0 Å². The zero-order chi connectivity index (χ0) is 37.2. The van der Waals surface area contributed by atoms with Crippen molar-refractivity contribution in [3.8, 4) is 0 Å². The molecule has 2 aliphatic heterocycles. The Hall–Kier alpha value is -4.39. The van der Waals surface area contributed by atoms with Crippen molar-refractivity contribution in [3.05, 3.63) is 95.0 Å². The van der Waals surface area contributed by atoms with Gasteiger partial charge in [-0.25, -0.2) is 0 Å². The summed E-state index contributed by atoms with van der Waals surface area (Å²) in [6.45, 7) is 12.3. The third kappa shape index (κ3) is 7.55. The van der Waals surface area contributed by atoms with Crippen LogP contribution < -0.4 is 10.2 Å². The molecule has 4 aromatic rings.